The van der Waals surface area contributed by atoms with Gasteiger partial charge in [-0.3, -0.25) is 9.48 Å². The Morgan fingerprint density at radius 1 is 1.10 bits per heavy atom. The summed E-state index contributed by atoms with van der Waals surface area (Å²) in [5, 5.41) is 9.05. The first-order valence-electron chi connectivity index (χ1n) is 9.60. The number of carbonyl (C=O) groups excluding carboxylic acids is 2. The fourth-order valence-electron chi connectivity index (χ4n) is 3.30. The molecule has 4 aromatic rings. The largest absolute Gasteiger partial charge is 0.486 e. The second kappa shape index (κ2) is 8.35. The van der Waals surface area contributed by atoms with E-state index in [0.717, 1.165) is 10.8 Å². The Labute approximate surface area is 178 Å². The number of esters is 1. The minimum absolute atomic E-state index is 0.0937. The number of furan rings is 1. The smallest absolute Gasteiger partial charge is 0.358 e. The number of fused-ring (bicyclic) bond motifs is 1. The van der Waals surface area contributed by atoms with Crippen molar-refractivity contribution in [2.75, 3.05) is 12.4 Å². The molecule has 0 aliphatic carbocycles. The maximum Gasteiger partial charge on any atom is 0.358 e. The molecule has 0 radical (unpaired) electrons. The number of nitrogens with one attached hydrogen (secondary N) is 1. The highest BCUT2D eigenvalue weighted by Crippen LogP contribution is 2.23. The normalized spacial score (nSPS) is 10.8. The molecule has 31 heavy (non-hydrogen) atoms. The van der Waals surface area contributed by atoms with Gasteiger partial charge in [-0.1, -0.05) is 30.3 Å². The molecule has 2 heterocycles. The minimum atomic E-state index is -0.595. The molecule has 0 bridgehead atoms. The first-order chi connectivity index (χ1) is 15.0. The average molecular weight is 419 g/mol. The van der Waals surface area contributed by atoms with Crippen LogP contribution in [0.1, 0.15) is 32.5 Å². The third-order valence-corrected chi connectivity index (χ3v) is 4.83. The summed E-state index contributed by atoms with van der Waals surface area (Å²) in [5.41, 5.74) is 0.923. The van der Waals surface area contributed by atoms with Crippen molar-refractivity contribution in [1.82, 2.24) is 9.78 Å². The highest BCUT2D eigenvalue weighted by Gasteiger charge is 2.23. The molecule has 0 spiro atoms. The van der Waals surface area contributed by atoms with Crippen molar-refractivity contribution in [2.45, 2.75) is 13.5 Å². The van der Waals surface area contributed by atoms with Crippen molar-refractivity contribution in [2.24, 2.45) is 7.05 Å². The molecule has 2 aromatic heterocycles. The zero-order valence-electron chi connectivity index (χ0n) is 17.3. The summed E-state index contributed by atoms with van der Waals surface area (Å²) >= 11 is 0. The van der Waals surface area contributed by atoms with Gasteiger partial charge in [0, 0.05) is 7.05 Å². The van der Waals surface area contributed by atoms with Gasteiger partial charge in [0.2, 0.25) is 0 Å². The van der Waals surface area contributed by atoms with Crippen LogP contribution in [0.3, 0.4) is 0 Å². The van der Waals surface area contributed by atoms with Gasteiger partial charge in [0.05, 0.1) is 18.5 Å². The van der Waals surface area contributed by atoms with Crippen LogP contribution in [-0.2, 0) is 18.4 Å². The van der Waals surface area contributed by atoms with E-state index in [1.165, 1.54) is 11.8 Å². The monoisotopic (exact) mass is 419 g/mol. The number of hydrogen-bond donors (Lipinski definition) is 1. The van der Waals surface area contributed by atoms with Gasteiger partial charge in [-0.2, -0.15) is 5.10 Å². The van der Waals surface area contributed by atoms with E-state index >= 15 is 0 Å². The van der Waals surface area contributed by atoms with Gasteiger partial charge >= 0.3 is 5.97 Å². The second-order valence-corrected chi connectivity index (χ2v) is 6.94. The van der Waals surface area contributed by atoms with Gasteiger partial charge in [-0.25, -0.2) is 4.79 Å². The molecule has 0 aliphatic rings. The van der Waals surface area contributed by atoms with Crippen LogP contribution in [0, 0.1) is 6.92 Å². The van der Waals surface area contributed by atoms with Crippen molar-refractivity contribution in [3.63, 3.8) is 0 Å². The van der Waals surface area contributed by atoms with Crippen LogP contribution >= 0.6 is 0 Å². The maximum atomic E-state index is 12.6. The van der Waals surface area contributed by atoms with Crippen LogP contribution in [0.15, 0.2) is 59.0 Å². The quantitative estimate of drug-likeness (QED) is 0.473. The molecule has 2 aromatic carbocycles. The van der Waals surface area contributed by atoms with Gasteiger partial charge in [-0.15, -0.1) is 0 Å². The van der Waals surface area contributed by atoms with Crippen LogP contribution in [0.25, 0.3) is 10.8 Å². The molecule has 8 heteroatoms. The Kier molecular flexibility index (Phi) is 5.44. The lowest BCUT2D eigenvalue weighted by Gasteiger charge is -2.07. The summed E-state index contributed by atoms with van der Waals surface area (Å²) < 4.78 is 17.6. The number of benzene rings is 2. The molecule has 0 atom stereocenters. The SMILES string of the molecule is COC(=O)c1c(NC(=O)c2ccc(COc3ccc4ccccc4c3)o2)c(C)nn1C. The third-order valence-electron chi connectivity index (χ3n) is 4.83. The Balaban J connectivity index is 1.45. The molecule has 0 unspecified atom stereocenters. The van der Waals surface area contributed by atoms with Gasteiger partial charge in [0.15, 0.2) is 11.5 Å². The van der Waals surface area contributed by atoms with E-state index in [0.29, 0.717) is 17.2 Å². The van der Waals surface area contributed by atoms with E-state index in [1.807, 2.05) is 42.5 Å². The minimum Gasteiger partial charge on any atom is -0.486 e. The summed E-state index contributed by atoms with van der Waals surface area (Å²) in [6.45, 7) is 1.86. The number of ether oxygens (including phenoxy) is 2. The highest BCUT2D eigenvalue weighted by molar-refractivity contribution is 6.06. The van der Waals surface area contributed by atoms with Crippen LogP contribution in [-0.4, -0.2) is 28.8 Å². The van der Waals surface area contributed by atoms with E-state index in [1.54, 1.807) is 26.1 Å². The number of aromatic nitrogens is 2. The fourth-order valence-corrected chi connectivity index (χ4v) is 3.30. The molecule has 158 valence electrons. The number of hydrogen-bond acceptors (Lipinski definition) is 6. The predicted octanol–water partition coefficient (Wildman–Crippen LogP) is 4.09. The van der Waals surface area contributed by atoms with E-state index in [2.05, 4.69) is 10.4 Å². The third kappa shape index (κ3) is 4.13. The molecule has 0 fully saturated rings. The first-order valence-corrected chi connectivity index (χ1v) is 9.60. The van der Waals surface area contributed by atoms with Crippen LogP contribution in [0.4, 0.5) is 5.69 Å². The molecule has 1 N–H and O–H groups in total. The average Bonchev–Trinajstić information content (AvgIpc) is 3.36. The zero-order chi connectivity index (χ0) is 22.0. The van der Waals surface area contributed by atoms with E-state index in [4.69, 9.17) is 13.9 Å². The van der Waals surface area contributed by atoms with Gasteiger partial charge in [-0.05, 0) is 42.0 Å². The number of rotatable bonds is 6. The molecule has 1 amide bonds. The summed E-state index contributed by atoms with van der Waals surface area (Å²) in [6.07, 6.45) is 0. The Bertz CT molecular complexity index is 1270. The molecule has 4 rings (SSSR count). The summed E-state index contributed by atoms with van der Waals surface area (Å²) in [7, 11) is 2.87. The van der Waals surface area contributed by atoms with E-state index in [-0.39, 0.29) is 23.7 Å². The van der Waals surface area contributed by atoms with Gasteiger partial charge < -0.3 is 19.2 Å². The Morgan fingerprint density at radius 3 is 2.65 bits per heavy atom. The number of carbonyl (C=O) groups is 2. The molecular weight excluding hydrogens is 398 g/mol. The standard InChI is InChI=1S/C23H21N3O5/c1-14-20(21(23(28)29-3)26(2)25-14)24-22(27)19-11-10-18(31-19)13-30-17-9-8-15-6-4-5-7-16(15)12-17/h4-12H,13H2,1-3H3,(H,24,27). The predicted molar refractivity (Wildman–Crippen MR) is 114 cm³/mol. The van der Waals surface area contributed by atoms with Gasteiger partial charge in [0.25, 0.3) is 5.91 Å². The van der Waals surface area contributed by atoms with Crippen molar-refractivity contribution < 1.29 is 23.5 Å². The number of aryl methyl sites for hydroxylation is 2. The van der Waals surface area contributed by atoms with Crippen molar-refractivity contribution in [3.8, 4) is 5.75 Å². The van der Waals surface area contributed by atoms with E-state index < -0.39 is 11.9 Å². The Hall–Kier alpha value is -4.07. The summed E-state index contributed by atoms with van der Waals surface area (Å²) in [5.74, 6) is 0.195. The van der Waals surface area contributed by atoms with Crippen LogP contribution in [0.5, 0.6) is 5.75 Å². The number of nitrogens with zero attached hydrogens (tertiary/aromatic N) is 2. The van der Waals surface area contributed by atoms with Crippen molar-refractivity contribution in [3.05, 3.63) is 77.5 Å². The molecule has 8 nitrogen and oxygen atoms in total. The zero-order valence-corrected chi connectivity index (χ0v) is 17.3. The lowest BCUT2D eigenvalue weighted by atomic mass is 10.1. The van der Waals surface area contributed by atoms with E-state index in [9.17, 15) is 9.59 Å². The van der Waals surface area contributed by atoms with Crippen molar-refractivity contribution >= 4 is 28.3 Å². The first kappa shape index (κ1) is 20.2. The van der Waals surface area contributed by atoms with Crippen LogP contribution < -0.4 is 10.1 Å². The summed E-state index contributed by atoms with van der Waals surface area (Å²) in [4.78, 5) is 24.7. The number of amides is 1. The van der Waals surface area contributed by atoms with Crippen LogP contribution in [0.2, 0.25) is 0 Å². The van der Waals surface area contributed by atoms with Gasteiger partial charge in [0.1, 0.15) is 18.1 Å². The lowest BCUT2D eigenvalue weighted by molar-refractivity contribution is 0.0589. The topological polar surface area (TPSA) is 95.6 Å². The molecule has 0 saturated carbocycles. The number of methoxy groups -OCH3 is 1. The maximum absolute atomic E-state index is 12.6. The lowest BCUT2D eigenvalue weighted by Crippen LogP contribution is -2.16. The fraction of sp³-hybridized carbons (Fsp3) is 0.174. The highest BCUT2D eigenvalue weighted by atomic mass is 16.5. The number of anilines is 1. The summed E-state index contributed by atoms with van der Waals surface area (Å²) in [6, 6.07) is 17.1. The molecule has 0 aliphatic heterocycles. The van der Waals surface area contributed by atoms with Crippen molar-refractivity contribution in [1.29, 1.82) is 0 Å². The second-order valence-electron chi connectivity index (χ2n) is 6.94. The Morgan fingerprint density at radius 2 is 1.87 bits per heavy atom. The molecular formula is C23H21N3O5. The molecule has 0 saturated heterocycles.